The van der Waals surface area contributed by atoms with Gasteiger partial charge in [-0.2, -0.15) is 40.8 Å². The molecule has 0 aliphatic heterocycles. The summed E-state index contributed by atoms with van der Waals surface area (Å²) in [6.45, 7) is 20.7. The summed E-state index contributed by atoms with van der Waals surface area (Å²) in [5, 5.41) is 94.6. The maximum atomic E-state index is 13.5. The Morgan fingerprint density at radius 2 is 0.417 bits per heavy atom. The Hall–Kier alpha value is -7.85. The second-order valence-corrected chi connectivity index (χ2v) is 28.3. The average Bonchev–Trinajstić information content (AvgIpc) is 0.842. The van der Waals surface area contributed by atoms with Crippen LogP contribution in [0, 0.1) is 9.39 Å². The van der Waals surface area contributed by atoms with E-state index >= 15 is 0 Å². The average molecular weight is 2150 g/mol. The maximum absolute atomic E-state index is 13.5. The molecule has 8 N–H and O–H groups in total. The molecular weight excluding hydrogens is 2070 g/mol. The minimum Gasteiger partial charge on any atom is -0.741 e. The molecule has 0 aliphatic carbocycles. The smallest absolute Gasteiger partial charge is 0.741 e. The molecule has 0 saturated heterocycles. The molecule has 644 valence electrons. The molecule has 8 aromatic carbocycles. The quantitative estimate of drug-likeness (QED) is 0.00565. The van der Waals surface area contributed by atoms with Crippen molar-refractivity contribution in [2.45, 2.75) is 55.4 Å². The minimum atomic E-state index is -0.357. The first-order valence-electron chi connectivity index (χ1n) is 36.0. The fourth-order valence-electron chi connectivity index (χ4n) is 9.01. The fraction of sp³-hybridized carbons (Fsp3) is 0.200. The predicted octanol–water partition coefficient (Wildman–Crippen LogP) is 13.4. The topological polar surface area (TPSA) is 294 Å². The fourth-order valence-corrected chi connectivity index (χ4v) is 11.2. The van der Waals surface area contributed by atoms with Gasteiger partial charge in [-0.25, -0.2) is 4.39 Å². The number of hydrogen-bond acceptors (Lipinski definition) is 24. The molecule has 0 aliphatic rings. The van der Waals surface area contributed by atoms with E-state index in [9.17, 15) is 4.39 Å². The van der Waals surface area contributed by atoms with Gasteiger partial charge in [0, 0.05) is 110 Å². The van der Waals surface area contributed by atoms with Crippen molar-refractivity contribution in [3.63, 3.8) is 0 Å². The first kappa shape index (κ1) is 110. The largest absolute Gasteiger partial charge is 2.00 e. The van der Waals surface area contributed by atoms with Crippen LogP contribution in [0.25, 0.3) is 0 Å². The summed E-state index contributed by atoms with van der Waals surface area (Å²) in [6.07, 6.45) is 0. The van der Waals surface area contributed by atoms with E-state index in [1.807, 2.05) is 237 Å². The van der Waals surface area contributed by atoms with Crippen LogP contribution in [0.5, 0.6) is 0 Å². The van der Waals surface area contributed by atoms with Crippen molar-refractivity contribution in [3.05, 3.63) is 282 Å². The molecular formula is C80H84BrClCu4FIN24S8. The number of hydrogen-bond donors (Lipinski definition) is 8. The maximum Gasteiger partial charge on any atom is 2.00 e. The molecule has 0 fully saturated rings. The number of nitrogens with zero attached hydrogens (tertiary/aromatic N) is 16. The molecule has 0 bridgehead atoms. The van der Waals surface area contributed by atoms with Crippen LogP contribution in [-0.4, -0.2) is 139 Å². The zero-order chi connectivity index (χ0) is 84.2. The van der Waals surface area contributed by atoms with Gasteiger partial charge in [-0.3, -0.25) is 0 Å². The van der Waals surface area contributed by atoms with Crippen LogP contribution in [0.1, 0.15) is 99.9 Å². The third-order valence-corrected chi connectivity index (χ3v) is 17.4. The van der Waals surface area contributed by atoms with E-state index in [2.05, 4.69) is 163 Å². The van der Waals surface area contributed by atoms with E-state index in [4.69, 9.17) is 113 Å². The molecule has 8 rings (SSSR count). The van der Waals surface area contributed by atoms with E-state index in [1.165, 1.54) is 12.1 Å². The van der Waals surface area contributed by atoms with Gasteiger partial charge >= 0.3 is 68.3 Å². The van der Waals surface area contributed by atoms with Crippen molar-refractivity contribution in [2.24, 2.45) is 81.6 Å². The first-order valence-corrected chi connectivity index (χ1v) is 41.5. The molecule has 120 heavy (non-hydrogen) atoms. The van der Waals surface area contributed by atoms with Gasteiger partial charge in [0.2, 0.25) is 0 Å². The third kappa shape index (κ3) is 42.3. The summed E-state index contributed by atoms with van der Waals surface area (Å²) < 4.78 is 15.5. The normalized spacial score (nSPS) is 12.9. The van der Waals surface area contributed by atoms with Gasteiger partial charge < -0.3 is 144 Å². The Labute approximate surface area is 815 Å². The van der Waals surface area contributed by atoms with E-state index in [-0.39, 0.29) is 94.8 Å². The molecule has 0 heterocycles. The van der Waals surface area contributed by atoms with Crippen LogP contribution in [0.2, 0.25) is 5.02 Å². The van der Waals surface area contributed by atoms with Crippen LogP contribution in [0.3, 0.4) is 0 Å². The van der Waals surface area contributed by atoms with Gasteiger partial charge in [0.05, 0.1) is 0 Å². The summed E-state index contributed by atoms with van der Waals surface area (Å²) in [6, 6.07) is 67.0. The summed E-state index contributed by atoms with van der Waals surface area (Å²) in [4.78, 5) is 0. The predicted molar refractivity (Wildman–Crippen MR) is 517 cm³/mol. The van der Waals surface area contributed by atoms with Crippen LogP contribution >= 0.6 is 50.1 Å². The number of benzene rings is 8. The zero-order valence-corrected chi connectivity index (χ0v) is 80.4. The van der Waals surface area contributed by atoms with Gasteiger partial charge in [-0.1, -0.05) is 185 Å². The molecule has 4 radical (unpaired) electrons. The van der Waals surface area contributed by atoms with Gasteiger partial charge in [0.1, 0.15) is 51.5 Å². The Bertz CT molecular complexity index is 4280. The molecule has 0 unspecified atom stereocenters. The molecule has 0 spiro atoms. The number of nitrogens with one attached hydrogen (secondary N) is 8. The Kier molecular flexibility index (Phi) is 59.6. The Morgan fingerprint density at radius 1 is 0.258 bits per heavy atom. The van der Waals surface area contributed by atoms with Gasteiger partial charge in [-0.15, -0.1) is 40.8 Å². The molecule has 40 heteroatoms. The summed E-state index contributed by atoms with van der Waals surface area (Å²) in [5.41, 5.74) is 10.3. The summed E-state index contributed by atoms with van der Waals surface area (Å²) in [5.74, 6) is -0.357. The van der Waals surface area contributed by atoms with Crippen LogP contribution in [0.4, 0.5) is 4.39 Å². The number of rotatable bonds is 28. The van der Waals surface area contributed by atoms with Gasteiger partial charge in [0.25, 0.3) is 0 Å². The number of halogens is 4. The second-order valence-electron chi connectivity index (χ2n) is 22.6. The van der Waals surface area contributed by atoms with Crippen LogP contribution in [0.15, 0.2) is 304 Å². The summed E-state index contributed by atoms with van der Waals surface area (Å²) >= 11 is 53.2. The molecule has 0 aromatic heterocycles. The molecule has 8 aromatic rings. The van der Waals surface area contributed by atoms with Crippen molar-refractivity contribution in [1.82, 2.24) is 42.5 Å². The SMILES string of the molecule is CCNC([S-])=NN=C(C(=NN=C([S-])NCC)c1ccc(Br)cc1)c1ccccc1.CCNC([S-])=NN=C(C(=NN=C([S-])NCC)c1ccc(Cl)cc1)c1ccccc1.CCNC([S-])=NN=C(C(=NN=C([S-])NCC)c1ccc(F)cc1)c1ccccc1.CCNC([S-])=NN=C(C(=NN=C([S-])NCC)c1ccc(I)cc1)c1ccccc1.[Cu+2].[Cu+2].[Cu+2].[Cu+2]. The summed E-state index contributed by atoms with van der Waals surface area (Å²) in [7, 11) is 0. The van der Waals surface area contributed by atoms with E-state index in [1.54, 1.807) is 24.3 Å². The minimum absolute atomic E-state index is 0. The zero-order valence-electron chi connectivity index (χ0n) is 65.6. The van der Waals surface area contributed by atoms with Crippen molar-refractivity contribution >= 4 is 238 Å². The van der Waals surface area contributed by atoms with Crippen molar-refractivity contribution < 1.29 is 72.7 Å². The van der Waals surface area contributed by atoms with Gasteiger partial charge in [0.15, 0.2) is 0 Å². The van der Waals surface area contributed by atoms with E-state index < -0.39 is 0 Å². The standard InChI is InChI=1S/C20H23BrN6S2.C20H23ClN6S2.C20H23FN6S2.C20H23IN6S2.4Cu/c4*1-3-22-19(28)26-24-17(14-8-6-5-7-9-14)18(25-27-20(29)23-4-2)15-10-12-16(21)13-11-15;;;;/h4*5-13H,3-4H2,1-2H3,(H2,22,26,28)(H2,23,27,29);;;;/q;;;;4*+2/p-8. The Morgan fingerprint density at radius 3 is 0.600 bits per heavy atom. The van der Waals surface area contributed by atoms with E-state index in [0.717, 1.165) is 47.0 Å². The third-order valence-electron chi connectivity index (χ3n) is 14.1. The van der Waals surface area contributed by atoms with Crippen molar-refractivity contribution in [2.75, 3.05) is 52.4 Å². The molecule has 0 amide bonds. The second kappa shape index (κ2) is 64.9. The monoisotopic (exact) mass is 2150 g/mol. The van der Waals surface area contributed by atoms with Crippen molar-refractivity contribution in [3.8, 4) is 0 Å². The molecule has 24 nitrogen and oxygen atoms in total. The van der Waals surface area contributed by atoms with E-state index in [0.29, 0.717) is 129 Å². The van der Waals surface area contributed by atoms with Gasteiger partial charge in [-0.05, 0) is 180 Å². The first-order chi connectivity index (χ1) is 56.2. The van der Waals surface area contributed by atoms with Crippen LogP contribution < -0.4 is 42.5 Å². The van der Waals surface area contributed by atoms with Crippen molar-refractivity contribution in [1.29, 1.82) is 0 Å². The van der Waals surface area contributed by atoms with Crippen LogP contribution in [-0.2, 0) is 169 Å². The number of amidine groups is 8. The molecule has 0 atom stereocenters. The Balaban J connectivity index is 0.000000791. The molecule has 0 saturated carbocycles.